The predicted octanol–water partition coefficient (Wildman–Crippen LogP) is 4.21. The Balaban J connectivity index is 2.22. The molecule has 1 aromatic carbocycles. The normalized spacial score (nSPS) is 10.8. The third kappa shape index (κ3) is 3.27. The van der Waals surface area contributed by atoms with Crippen LogP contribution in [0.25, 0.3) is 6.08 Å². The van der Waals surface area contributed by atoms with Gasteiger partial charge in [-0.15, -0.1) is 11.3 Å². The molecule has 0 bridgehead atoms. The van der Waals surface area contributed by atoms with Crippen LogP contribution in [0.2, 0.25) is 5.02 Å². The summed E-state index contributed by atoms with van der Waals surface area (Å²) in [6, 6.07) is 7.91. The number of nitro groups is 1. The third-order valence-corrected chi connectivity index (χ3v) is 3.56. The number of halogens is 1. The van der Waals surface area contributed by atoms with E-state index in [-0.39, 0.29) is 16.5 Å². The molecule has 0 aliphatic carbocycles. The number of carbonyl (C=O) groups excluding carboxylic acids is 1. The van der Waals surface area contributed by atoms with Crippen molar-refractivity contribution in [2.24, 2.45) is 0 Å². The molecule has 2 aromatic rings. The van der Waals surface area contributed by atoms with Crippen molar-refractivity contribution in [3.63, 3.8) is 0 Å². The molecule has 0 aliphatic rings. The summed E-state index contributed by atoms with van der Waals surface area (Å²) in [5, 5.41) is 12.6. The number of nitro benzene ring substituents is 1. The minimum atomic E-state index is -0.555. The summed E-state index contributed by atoms with van der Waals surface area (Å²) in [6.07, 6.45) is 2.92. The largest absolute Gasteiger partial charge is 0.288 e. The van der Waals surface area contributed by atoms with Gasteiger partial charge in [-0.3, -0.25) is 14.9 Å². The topological polar surface area (TPSA) is 60.2 Å². The van der Waals surface area contributed by atoms with Crippen molar-refractivity contribution in [2.75, 3.05) is 0 Å². The van der Waals surface area contributed by atoms with Gasteiger partial charge in [0.1, 0.15) is 5.02 Å². The van der Waals surface area contributed by atoms with Gasteiger partial charge in [0.15, 0.2) is 5.78 Å². The van der Waals surface area contributed by atoms with Crippen LogP contribution in [-0.4, -0.2) is 10.7 Å². The summed E-state index contributed by atoms with van der Waals surface area (Å²) in [7, 11) is 0. The van der Waals surface area contributed by atoms with E-state index in [4.69, 9.17) is 11.6 Å². The molecule has 4 nitrogen and oxygen atoms in total. The Kier molecular flexibility index (Phi) is 4.09. The second-order valence-corrected chi connectivity index (χ2v) is 5.00. The Bertz CT molecular complexity index is 650. The van der Waals surface area contributed by atoms with Crippen LogP contribution in [0.15, 0.2) is 41.8 Å². The number of hydrogen-bond donors (Lipinski definition) is 0. The number of allylic oxidation sites excluding steroid dienone is 1. The van der Waals surface area contributed by atoms with Gasteiger partial charge in [-0.25, -0.2) is 0 Å². The predicted molar refractivity (Wildman–Crippen MR) is 75.8 cm³/mol. The van der Waals surface area contributed by atoms with E-state index < -0.39 is 4.92 Å². The molecular formula is C13H8ClNO3S. The van der Waals surface area contributed by atoms with Gasteiger partial charge in [0.25, 0.3) is 5.69 Å². The lowest BCUT2D eigenvalue weighted by molar-refractivity contribution is -0.384. The van der Waals surface area contributed by atoms with E-state index >= 15 is 0 Å². The van der Waals surface area contributed by atoms with Gasteiger partial charge >= 0.3 is 0 Å². The minimum Gasteiger partial charge on any atom is -0.288 e. The number of ketones is 1. The first-order chi connectivity index (χ1) is 9.08. The molecule has 0 spiro atoms. The zero-order valence-electron chi connectivity index (χ0n) is 9.58. The van der Waals surface area contributed by atoms with E-state index in [1.807, 2.05) is 5.38 Å². The minimum absolute atomic E-state index is 0.0757. The molecule has 0 saturated carbocycles. The summed E-state index contributed by atoms with van der Waals surface area (Å²) >= 11 is 7.05. The number of carbonyl (C=O) groups is 1. The highest BCUT2D eigenvalue weighted by Gasteiger charge is 2.11. The molecule has 19 heavy (non-hydrogen) atoms. The van der Waals surface area contributed by atoms with Crippen LogP contribution in [0.3, 0.4) is 0 Å². The first-order valence-electron chi connectivity index (χ1n) is 5.28. The summed E-state index contributed by atoms with van der Waals surface area (Å²) < 4.78 is 0. The summed E-state index contributed by atoms with van der Waals surface area (Å²) in [4.78, 5) is 22.5. The van der Waals surface area contributed by atoms with E-state index in [0.29, 0.717) is 10.4 Å². The van der Waals surface area contributed by atoms with Crippen molar-refractivity contribution in [3.8, 4) is 0 Å². The van der Waals surface area contributed by atoms with Crippen LogP contribution < -0.4 is 0 Å². The Hall–Kier alpha value is -1.98. The van der Waals surface area contributed by atoms with Crippen LogP contribution in [0.1, 0.15) is 15.2 Å². The Morgan fingerprint density at radius 2 is 2.16 bits per heavy atom. The van der Waals surface area contributed by atoms with Gasteiger partial charge < -0.3 is 0 Å². The average molecular weight is 294 g/mol. The quantitative estimate of drug-likeness (QED) is 0.367. The molecule has 1 heterocycles. The van der Waals surface area contributed by atoms with Crippen molar-refractivity contribution in [1.29, 1.82) is 0 Å². The SMILES string of the molecule is O=C(C=Cc1ccc(Cl)c([N+](=O)[O-])c1)c1cccs1. The Morgan fingerprint density at radius 1 is 1.37 bits per heavy atom. The third-order valence-electron chi connectivity index (χ3n) is 2.36. The zero-order chi connectivity index (χ0) is 13.8. The van der Waals surface area contributed by atoms with Crippen LogP contribution in [-0.2, 0) is 0 Å². The lowest BCUT2D eigenvalue weighted by Gasteiger charge is -1.97. The smallest absolute Gasteiger partial charge is 0.288 e. The van der Waals surface area contributed by atoms with Gasteiger partial charge in [-0.1, -0.05) is 29.8 Å². The average Bonchev–Trinajstić information content (AvgIpc) is 2.91. The summed E-state index contributed by atoms with van der Waals surface area (Å²) in [5.41, 5.74) is 0.383. The fraction of sp³-hybridized carbons (Fsp3) is 0. The molecule has 1 aromatic heterocycles. The number of nitrogens with zero attached hydrogens (tertiary/aromatic N) is 1. The maximum atomic E-state index is 11.7. The number of thiophene rings is 1. The Labute approximate surface area is 118 Å². The van der Waals surface area contributed by atoms with E-state index in [9.17, 15) is 14.9 Å². The molecule has 0 radical (unpaired) electrons. The maximum absolute atomic E-state index is 11.7. The van der Waals surface area contributed by atoms with Crippen LogP contribution in [0, 0.1) is 10.1 Å². The molecule has 2 rings (SSSR count). The van der Waals surface area contributed by atoms with Crippen molar-refractivity contribution < 1.29 is 9.72 Å². The first kappa shape index (κ1) is 13.5. The van der Waals surface area contributed by atoms with E-state index in [0.717, 1.165) is 0 Å². The van der Waals surface area contributed by atoms with Gasteiger partial charge in [-0.2, -0.15) is 0 Å². The highest BCUT2D eigenvalue weighted by Crippen LogP contribution is 2.25. The number of rotatable bonds is 4. The molecule has 0 aliphatic heterocycles. The highest BCUT2D eigenvalue weighted by atomic mass is 35.5. The molecule has 0 atom stereocenters. The fourth-order valence-corrected chi connectivity index (χ4v) is 2.28. The van der Waals surface area contributed by atoms with E-state index in [1.165, 1.54) is 35.6 Å². The van der Waals surface area contributed by atoms with Crippen molar-refractivity contribution in [3.05, 3.63) is 67.4 Å². The van der Waals surface area contributed by atoms with Gasteiger partial charge in [0.05, 0.1) is 9.80 Å². The van der Waals surface area contributed by atoms with Crippen molar-refractivity contribution >= 4 is 40.5 Å². The molecule has 96 valence electrons. The zero-order valence-corrected chi connectivity index (χ0v) is 11.1. The Morgan fingerprint density at radius 3 is 2.79 bits per heavy atom. The lowest BCUT2D eigenvalue weighted by atomic mass is 10.1. The monoisotopic (exact) mass is 293 g/mol. The molecule has 0 unspecified atom stereocenters. The summed E-state index contributed by atoms with van der Waals surface area (Å²) in [6.45, 7) is 0. The van der Waals surface area contributed by atoms with Gasteiger partial charge in [-0.05, 0) is 29.2 Å². The van der Waals surface area contributed by atoms with Crippen LogP contribution in [0.4, 0.5) is 5.69 Å². The molecule has 6 heteroatoms. The maximum Gasteiger partial charge on any atom is 0.288 e. The second-order valence-electron chi connectivity index (χ2n) is 3.64. The van der Waals surface area contributed by atoms with Crippen molar-refractivity contribution in [1.82, 2.24) is 0 Å². The van der Waals surface area contributed by atoms with Gasteiger partial charge in [0, 0.05) is 6.07 Å². The molecule has 0 N–H and O–H groups in total. The summed E-state index contributed by atoms with van der Waals surface area (Å²) in [5.74, 6) is -0.132. The number of benzene rings is 1. The highest BCUT2D eigenvalue weighted by molar-refractivity contribution is 7.12. The first-order valence-corrected chi connectivity index (χ1v) is 6.53. The molecular weight excluding hydrogens is 286 g/mol. The fourth-order valence-electron chi connectivity index (χ4n) is 1.45. The van der Waals surface area contributed by atoms with Crippen molar-refractivity contribution in [2.45, 2.75) is 0 Å². The second kappa shape index (κ2) is 5.77. The molecule has 0 amide bonds. The lowest BCUT2D eigenvalue weighted by Crippen LogP contribution is -1.91. The molecule has 0 fully saturated rings. The van der Waals surface area contributed by atoms with E-state index in [1.54, 1.807) is 18.2 Å². The van der Waals surface area contributed by atoms with Crippen LogP contribution in [0.5, 0.6) is 0 Å². The van der Waals surface area contributed by atoms with E-state index in [2.05, 4.69) is 0 Å². The van der Waals surface area contributed by atoms with Crippen LogP contribution >= 0.6 is 22.9 Å². The molecule has 0 saturated heterocycles. The standard InChI is InChI=1S/C13H8ClNO3S/c14-10-5-3-9(8-11(10)15(17)18)4-6-12(16)13-2-1-7-19-13/h1-8H. The van der Waals surface area contributed by atoms with Gasteiger partial charge in [0.2, 0.25) is 0 Å². The number of hydrogen-bond acceptors (Lipinski definition) is 4.